The highest BCUT2D eigenvalue weighted by molar-refractivity contribution is 6.00. The first kappa shape index (κ1) is 13.8. The summed E-state index contributed by atoms with van der Waals surface area (Å²) in [5.74, 6) is -0.830. The van der Waals surface area contributed by atoms with Gasteiger partial charge in [-0.05, 0) is 18.6 Å². The van der Waals surface area contributed by atoms with Gasteiger partial charge in [-0.2, -0.15) is 0 Å². The zero-order valence-corrected chi connectivity index (χ0v) is 10.7. The SMILES string of the molecule is Nc1ccc([N+](=O)[O-])c(C(=O)N2CCCNC(=O)C2)c1. The van der Waals surface area contributed by atoms with Crippen molar-refractivity contribution in [1.29, 1.82) is 0 Å². The third kappa shape index (κ3) is 2.85. The van der Waals surface area contributed by atoms with Crippen molar-refractivity contribution in [1.82, 2.24) is 10.2 Å². The molecule has 0 unspecified atom stereocenters. The van der Waals surface area contributed by atoms with Gasteiger partial charge in [0.1, 0.15) is 5.56 Å². The molecule has 1 aromatic rings. The van der Waals surface area contributed by atoms with Crippen LogP contribution in [-0.4, -0.2) is 41.3 Å². The molecule has 1 heterocycles. The molecule has 2 rings (SSSR count). The van der Waals surface area contributed by atoms with Crippen molar-refractivity contribution in [2.45, 2.75) is 6.42 Å². The van der Waals surface area contributed by atoms with Crippen LogP contribution in [-0.2, 0) is 4.79 Å². The van der Waals surface area contributed by atoms with Crippen LogP contribution in [0.3, 0.4) is 0 Å². The van der Waals surface area contributed by atoms with Gasteiger partial charge in [0.15, 0.2) is 0 Å². The second kappa shape index (κ2) is 5.55. The van der Waals surface area contributed by atoms with E-state index in [9.17, 15) is 19.7 Å². The minimum Gasteiger partial charge on any atom is -0.399 e. The van der Waals surface area contributed by atoms with Crippen LogP contribution in [0.5, 0.6) is 0 Å². The number of carbonyl (C=O) groups excluding carboxylic acids is 2. The van der Waals surface area contributed by atoms with Crippen molar-refractivity contribution < 1.29 is 14.5 Å². The predicted molar refractivity (Wildman–Crippen MR) is 71.0 cm³/mol. The van der Waals surface area contributed by atoms with E-state index in [1.807, 2.05) is 0 Å². The molecule has 0 aromatic heterocycles. The van der Waals surface area contributed by atoms with Crippen LogP contribution in [0.1, 0.15) is 16.8 Å². The summed E-state index contributed by atoms with van der Waals surface area (Å²) in [6, 6.07) is 3.83. The highest BCUT2D eigenvalue weighted by atomic mass is 16.6. The fraction of sp³-hybridized carbons (Fsp3) is 0.333. The minimum absolute atomic E-state index is 0.0929. The maximum Gasteiger partial charge on any atom is 0.282 e. The van der Waals surface area contributed by atoms with E-state index >= 15 is 0 Å². The molecule has 0 aliphatic carbocycles. The van der Waals surface area contributed by atoms with Gasteiger partial charge in [-0.1, -0.05) is 0 Å². The van der Waals surface area contributed by atoms with Gasteiger partial charge in [0.2, 0.25) is 5.91 Å². The number of nitrogens with zero attached hydrogens (tertiary/aromatic N) is 2. The fourth-order valence-electron chi connectivity index (χ4n) is 2.03. The van der Waals surface area contributed by atoms with Crippen LogP contribution in [0.2, 0.25) is 0 Å². The van der Waals surface area contributed by atoms with E-state index in [4.69, 9.17) is 5.73 Å². The first-order valence-electron chi connectivity index (χ1n) is 6.09. The van der Waals surface area contributed by atoms with Crippen molar-refractivity contribution in [2.75, 3.05) is 25.4 Å². The quantitative estimate of drug-likeness (QED) is 0.453. The average molecular weight is 278 g/mol. The van der Waals surface area contributed by atoms with Gasteiger partial charge in [0.25, 0.3) is 11.6 Å². The summed E-state index contributed by atoms with van der Waals surface area (Å²) < 4.78 is 0. The first-order chi connectivity index (χ1) is 9.49. The average Bonchev–Trinajstić information content (AvgIpc) is 2.62. The van der Waals surface area contributed by atoms with E-state index in [0.717, 1.165) is 0 Å². The van der Waals surface area contributed by atoms with Crippen molar-refractivity contribution in [2.24, 2.45) is 0 Å². The molecule has 1 fully saturated rings. The molecule has 3 N–H and O–H groups in total. The van der Waals surface area contributed by atoms with E-state index in [0.29, 0.717) is 19.5 Å². The molecule has 1 aromatic carbocycles. The smallest absolute Gasteiger partial charge is 0.282 e. The Morgan fingerprint density at radius 2 is 2.20 bits per heavy atom. The molecule has 8 nitrogen and oxygen atoms in total. The monoisotopic (exact) mass is 278 g/mol. The predicted octanol–water partition coefficient (Wildman–Crippen LogP) is 0.139. The Hall–Kier alpha value is -2.64. The lowest BCUT2D eigenvalue weighted by Crippen LogP contribution is -2.37. The Labute approximate surface area is 114 Å². The van der Waals surface area contributed by atoms with Gasteiger partial charge >= 0.3 is 0 Å². The number of rotatable bonds is 2. The van der Waals surface area contributed by atoms with Gasteiger partial charge in [0, 0.05) is 24.8 Å². The highest BCUT2D eigenvalue weighted by Crippen LogP contribution is 2.23. The summed E-state index contributed by atoms with van der Waals surface area (Å²) in [5.41, 5.74) is 5.44. The number of nitrogens with two attached hydrogens (primary N) is 1. The standard InChI is InChI=1S/C12H14N4O4/c13-8-2-3-10(16(19)20)9(6-8)12(18)15-5-1-4-14-11(17)7-15/h2-3,6H,1,4-5,7,13H2,(H,14,17). The van der Waals surface area contributed by atoms with Crippen molar-refractivity contribution >= 4 is 23.2 Å². The molecule has 2 amide bonds. The van der Waals surface area contributed by atoms with E-state index in [2.05, 4.69) is 5.32 Å². The minimum atomic E-state index is -0.634. The van der Waals surface area contributed by atoms with E-state index in [1.54, 1.807) is 0 Å². The van der Waals surface area contributed by atoms with E-state index in [1.165, 1.54) is 23.1 Å². The molecular formula is C12H14N4O4. The van der Waals surface area contributed by atoms with Crippen LogP contribution in [0.15, 0.2) is 18.2 Å². The third-order valence-corrected chi connectivity index (χ3v) is 3.00. The Morgan fingerprint density at radius 3 is 2.90 bits per heavy atom. The molecule has 20 heavy (non-hydrogen) atoms. The summed E-state index contributed by atoms with van der Waals surface area (Å²) in [7, 11) is 0. The summed E-state index contributed by atoms with van der Waals surface area (Å²) in [6.07, 6.45) is 0.605. The third-order valence-electron chi connectivity index (χ3n) is 3.00. The van der Waals surface area contributed by atoms with Crippen molar-refractivity contribution in [3.63, 3.8) is 0 Å². The highest BCUT2D eigenvalue weighted by Gasteiger charge is 2.27. The largest absolute Gasteiger partial charge is 0.399 e. The number of anilines is 1. The van der Waals surface area contributed by atoms with Crippen LogP contribution < -0.4 is 11.1 Å². The number of nitro groups is 1. The molecule has 0 radical (unpaired) electrons. The summed E-state index contributed by atoms with van der Waals surface area (Å²) in [6.45, 7) is 0.746. The Kier molecular flexibility index (Phi) is 3.83. The number of amides is 2. The zero-order valence-electron chi connectivity index (χ0n) is 10.7. The lowest BCUT2D eigenvalue weighted by Gasteiger charge is -2.19. The topological polar surface area (TPSA) is 119 Å². The maximum absolute atomic E-state index is 12.4. The number of nitro benzene ring substituents is 1. The number of carbonyl (C=O) groups is 2. The second-order valence-electron chi connectivity index (χ2n) is 4.46. The molecule has 106 valence electrons. The number of hydrogen-bond acceptors (Lipinski definition) is 5. The fourth-order valence-corrected chi connectivity index (χ4v) is 2.03. The summed E-state index contributed by atoms with van der Waals surface area (Å²) in [5, 5.41) is 13.6. The maximum atomic E-state index is 12.4. The molecule has 1 aliphatic rings. The summed E-state index contributed by atoms with van der Waals surface area (Å²) >= 11 is 0. The van der Waals surface area contributed by atoms with Crippen LogP contribution in [0, 0.1) is 10.1 Å². The summed E-state index contributed by atoms with van der Waals surface area (Å²) in [4.78, 5) is 35.4. The number of benzene rings is 1. The first-order valence-corrected chi connectivity index (χ1v) is 6.09. The van der Waals surface area contributed by atoms with Crippen LogP contribution in [0.25, 0.3) is 0 Å². The molecule has 0 spiro atoms. The second-order valence-corrected chi connectivity index (χ2v) is 4.46. The van der Waals surface area contributed by atoms with Gasteiger partial charge in [-0.25, -0.2) is 0 Å². The molecule has 1 saturated heterocycles. The van der Waals surface area contributed by atoms with Gasteiger partial charge in [-0.3, -0.25) is 19.7 Å². The Morgan fingerprint density at radius 1 is 1.45 bits per heavy atom. The number of hydrogen-bond donors (Lipinski definition) is 2. The molecule has 0 atom stereocenters. The lowest BCUT2D eigenvalue weighted by molar-refractivity contribution is -0.385. The van der Waals surface area contributed by atoms with Gasteiger partial charge in [0.05, 0.1) is 11.5 Å². The van der Waals surface area contributed by atoms with Gasteiger partial charge in [-0.15, -0.1) is 0 Å². The van der Waals surface area contributed by atoms with Crippen LogP contribution in [0.4, 0.5) is 11.4 Å². The molecule has 1 aliphatic heterocycles. The lowest BCUT2D eigenvalue weighted by atomic mass is 10.1. The zero-order chi connectivity index (χ0) is 14.7. The Balaban J connectivity index is 2.34. The number of nitrogens with one attached hydrogen (secondary N) is 1. The molecular weight excluding hydrogens is 264 g/mol. The molecule has 8 heteroatoms. The molecule has 0 saturated carbocycles. The van der Waals surface area contributed by atoms with E-state index < -0.39 is 10.8 Å². The normalized spacial score (nSPS) is 15.4. The Bertz CT molecular complexity index is 573. The van der Waals surface area contributed by atoms with Crippen molar-refractivity contribution in [3.05, 3.63) is 33.9 Å². The van der Waals surface area contributed by atoms with Gasteiger partial charge < -0.3 is 16.0 Å². The van der Waals surface area contributed by atoms with Crippen molar-refractivity contribution in [3.8, 4) is 0 Å². The van der Waals surface area contributed by atoms with Crippen LogP contribution >= 0.6 is 0 Å². The number of nitrogen functional groups attached to an aromatic ring is 1. The molecule has 0 bridgehead atoms. The van der Waals surface area contributed by atoms with E-state index in [-0.39, 0.29) is 29.4 Å².